The van der Waals surface area contributed by atoms with Gasteiger partial charge >= 0.3 is 5.97 Å². The van der Waals surface area contributed by atoms with Crippen LogP contribution in [-0.4, -0.2) is 63.9 Å². The first-order chi connectivity index (χ1) is 18.0. The molecular weight excluding hydrogens is 490 g/mol. The van der Waals surface area contributed by atoms with Gasteiger partial charge in [-0.15, -0.1) is 0 Å². The lowest BCUT2D eigenvalue weighted by Crippen LogP contribution is -2.36. The number of hydrogen-bond donors (Lipinski definition) is 2. The number of rotatable bonds is 1. The minimum Gasteiger partial charge on any atom is -0.457 e. The van der Waals surface area contributed by atoms with E-state index >= 15 is 0 Å². The number of carbonyl (C=O) groups is 4. The van der Waals surface area contributed by atoms with Crippen LogP contribution in [0.15, 0.2) is 58.4 Å². The third-order valence-electron chi connectivity index (χ3n) is 6.19. The number of aromatic nitrogens is 1. The zero-order valence-electron chi connectivity index (χ0n) is 22.2. The van der Waals surface area contributed by atoms with Crippen molar-refractivity contribution in [2.24, 2.45) is 11.8 Å². The minimum atomic E-state index is -1.01. The number of oxazole rings is 1. The molecule has 0 fully saturated rings. The van der Waals surface area contributed by atoms with Crippen LogP contribution in [0.25, 0.3) is 0 Å². The fourth-order valence-electron chi connectivity index (χ4n) is 4.33. The van der Waals surface area contributed by atoms with E-state index in [1.54, 1.807) is 37.3 Å². The van der Waals surface area contributed by atoms with E-state index < -0.39 is 24.1 Å². The summed E-state index contributed by atoms with van der Waals surface area (Å²) in [6.45, 7) is 8.00. The fraction of sp³-hybridized carbons (Fsp3) is 0.464. The molecule has 2 amide bonds. The molecule has 3 atom stereocenters. The summed E-state index contributed by atoms with van der Waals surface area (Å²) in [7, 11) is 0. The van der Waals surface area contributed by atoms with Crippen molar-refractivity contribution in [1.82, 2.24) is 15.2 Å². The molecule has 2 aliphatic heterocycles. The predicted molar refractivity (Wildman–Crippen MR) is 139 cm³/mol. The monoisotopic (exact) mass is 525 g/mol. The number of nitrogens with one attached hydrogen (secondary N) is 1. The first-order valence-electron chi connectivity index (χ1n) is 12.7. The van der Waals surface area contributed by atoms with Gasteiger partial charge in [-0.05, 0) is 25.3 Å². The Hall–Kier alpha value is -3.79. The number of cyclic esters (lactones) is 1. The van der Waals surface area contributed by atoms with Crippen LogP contribution in [0, 0.1) is 11.8 Å². The van der Waals surface area contributed by atoms with Gasteiger partial charge in [0.15, 0.2) is 5.69 Å². The van der Waals surface area contributed by atoms with Crippen LogP contribution < -0.4 is 5.32 Å². The SMILES string of the molecule is CC1=C\C(O)CC(=O)Cc2nc(co2)C(=O)N2CCC=C2C(=O)OC(C(C)C)C(C)/C=C/C(=O)NC\C=C\1. The van der Waals surface area contributed by atoms with Gasteiger partial charge in [-0.1, -0.05) is 56.7 Å². The maximum atomic E-state index is 13.1. The van der Waals surface area contributed by atoms with E-state index in [4.69, 9.17) is 9.15 Å². The molecule has 0 radical (unpaired) electrons. The Balaban J connectivity index is 1.86. The topological polar surface area (TPSA) is 139 Å². The van der Waals surface area contributed by atoms with Crippen LogP contribution >= 0.6 is 0 Å². The van der Waals surface area contributed by atoms with E-state index in [2.05, 4.69) is 10.3 Å². The summed E-state index contributed by atoms with van der Waals surface area (Å²) in [5.74, 6) is -2.07. The average Bonchev–Trinajstić information content (AvgIpc) is 3.52. The molecule has 0 spiro atoms. The van der Waals surface area contributed by atoms with Crippen LogP contribution in [0.2, 0.25) is 0 Å². The van der Waals surface area contributed by atoms with E-state index in [0.717, 1.165) is 11.8 Å². The molecule has 0 saturated heterocycles. The van der Waals surface area contributed by atoms with Crippen LogP contribution in [0.4, 0.5) is 0 Å². The van der Waals surface area contributed by atoms with Gasteiger partial charge in [0.25, 0.3) is 5.91 Å². The van der Waals surface area contributed by atoms with Crippen molar-refractivity contribution in [3.63, 3.8) is 0 Å². The molecule has 2 bridgehead atoms. The molecule has 3 rings (SSSR count). The zero-order chi connectivity index (χ0) is 27.8. The lowest BCUT2D eigenvalue weighted by Gasteiger charge is -2.27. The third kappa shape index (κ3) is 7.85. The maximum Gasteiger partial charge on any atom is 0.355 e. The summed E-state index contributed by atoms with van der Waals surface area (Å²) in [5.41, 5.74) is 0.809. The number of ketones is 1. The minimum absolute atomic E-state index is 0.0315. The zero-order valence-corrected chi connectivity index (χ0v) is 22.2. The lowest BCUT2D eigenvalue weighted by atomic mass is 9.94. The van der Waals surface area contributed by atoms with Crippen LogP contribution in [0.3, 0.4) is 0 Å². The summed E-state index contributed by atoms with van der Waals surface area (Å²) in [6.07, 6.45) is 9.48. The first kappa shape index (κ1) is 28.8. The second-order valence-electron chi connectivity index (χ2n) is 9.84. The largest absolute Gasteiger partial charge is 0.457 e. The number of amides is 2. The number of carbonyl (C=O) groups excluding carboxylic acids is 4. The highest BCUT2D eigenvalue weighted by Gasteiger charge is 2.33. The molecule has 10 nitrogen and oxygen atoms in total. The summed E-state index contributed by atoms with van der Waals surface area (Å²) < 4.78 is 11.1. The molecule has 0 saturated carbocycles. The molecule has 3 heterocycles. The quantitative estimate of drug-likeness (QED) is 0.534. The van der Waals surface area contributed by atoms with Crippen LogP contribution in [0.1, 0.15) is 56.9 Å². The van der Waals surface area contributed by atoms with E-state index in [-0.39, 0.29) is 66.7 Å². The molecule has 1 aromatic heterocycles. The Morgan fingerprint density at radius 1 is 1.18 bits per heavy atom. The molecule has 0 aliphatic carbocycles. The molecule has 204 valence electrons. The van der Waals surface area contributed by atoms with Gasteiger partial charge < -0.3 is 24.5 Å². The Kier molecular flexibility index (Phi) is 9.95. The summed E-state index contributed by atoms with van der Waals surface area (Å²) in [6, 6.07) is 0. The Bertz CT molecular complexity index is 1170. The first-order valence-corrected chi connectivity index (χ1v) is 12.7. The number of nitrogens with zero attached hydrogens (tertiary/aromatic N) is 2. The van der Waals surface area contributed by atoms with Gasteiger partial charge in [0, 0.05) is 25.4 Å². The number of esters is 1. The van der Waals surface area contributed by atoms with Gasteiger partial charge in [-0.2, -0.15) is 0 Å². The molecule has 2 aliphatic rings. The highest BCUT2D eigenvalue weighted by molar-refractivity contribution is 6.00. The van der Waals surface area contributed by atoms with Crippen molar-refractivity contribution in [3.8, 4) is 0 Å². The molecule has 1 aromatic rings. The smallest absolute Gasteiger partial charge is 0.355 e. The van der Waals surface area contributed by atoms with Crippen molar-refractivity contribution < 1.29 is 33.4 Å². The highest BCUT2D eigenvalue weighted by atomic mass is 16.5. The molecule has 0 aromatic carbocycles. The van der Waals surface area contributed by atoms with Gasteiger partial charge in [-0.25, -0.2) is 9.78 Å². The molecule has 10 heteroatoms. The van der Waals surface area contributed by atoms with Crippen LogP contribution in [-0.2, 0) is 25.5 Å². The number of fused-ring (bicyclic) bond motifs is 3. The van der Waals surface area contributed by atoms with Gasteiger partial charge in [-0.3, -0.25) is 14.4 Å². The van der Waals surface area contributed by atoms with Crippen LogP contribution in [0.5, 0.6) is 0 Å². The highest BCUT2D eigenvalue weighted by Crippen LogP contribution is 2.24. The lowest BCUT2D eigenvalue weighted by molar-refractivity contribution is -0.149. The summed E-state index contributed by atoms with van der Waals surface area (Å²) >= 11 is 0. The number of allylic oxidation sites excluding steroid dienone is 2. The second kappa shape index (κ2) is 13.1. The van der Waals surface area contributed by atoms with E-state index in [0.29, 0.717) is 6.42 Å². The molecule has 3 unspecified atom stereocenters. The van der Waals surface area contributed by atoms with Crippen molar-refractivity contribution in [1.29, 1.82) is 0 Å². The Labute approximate surface area is 222 Å². The fourth-order valence-corrected chi connectivity index (χ4v) is 4.33. The van der Waals surface area contributed by atoms with Crippen molar-refractivity contribution in [2.75, 3.05) is 13.1 Å². The average molecular weight is 526 g/mol. The second-order valence-corrected chi connectivity index (χ2v) is 9.84. The van der Waals surface area contributed by atoms with E-state index in [1.165, 1.54) is 11.0 Å². The Morgan fingerprint density at radius 3 is 2.68 bits per heavy atom. The molecular formula is C28H35N3O7. The maximum absolute atomic E-state index is 13.1. The normalized spacial score (nSPS) is 27.6. The van der Waals surface area contributed by atoms with Gasteiger partial charge in [0.1, 0.15) is 23.8 Å². The molecule has 38 heavy (non-hydrogen) atoms. The summed E-state index contributed by atoms with van der Waals surface area (Å²) in [4.78, 5) is 56.3. The number of ether oxygens (including phenoxy) is 1. The van der Waals surface area contributed by atoms with E-state index in [9.17, 15) is 24.3 Å². The molecule has 2 N–H and O–H groups in total. The van der Waals surface area contributed by atoms with E-state index in [1.807, 2.05) is 20.8 Å². The number of aliphatic hydroxyl groups excluding tert-OH is 1. The standard InChI is InChI=1S/C28H35N3O7/c1-17(2)26-19(4)9-10-24(34)29-11-5-7-18(3)13-20(32)14-21(33)15-25-30-22(16-37-25)27(35)31-12-6-8-23(31)28(36)38-26/h5,7-10,13,16-17,19-20,26,32H,6,11-12,14-15H2,1-4H3,(H,29,34)/b7-5+,10-9+,18-13+. The summed E-state index contributed by atoms with van der Waals surface area (Å²) in [5, 5.41) is 13.0. The van der Waals surface area contributed by atoms with Gasteiger partial charge in [0.05, 0.1) is 12.5 Å². The van der Waals surface area contributed by atoms with Crippen molar-refractivity contribution in [2.45, 2.75) is 59.2 Å². The van der Waals surface area contributed by atoms with Crippen molar-refractivity contribution in [3.05, 3.63) is 65.6 Å². The van der Waals surface area contributed by atoms with Gasteiger partial charge in [0.2, 0.25) is 11.8 Å². The van der Waals surface area contributed by atoms with Crippen molar-refractivity contribution >= 4 is 23.6 Å². The Morgan fingerprint density at radius 2 is 1.95 bits per heavy atom. The third-order valence-corrected chi connectivity index (χ3v) is 6.19. The predicted octanol–water partition coefficient (Wildman–Crippen LogP) is 2.66. The number of hydrogen-bond acceptors (Lipinski definition) is 8. The number of aliphatic hydroxyl groups is 1. The number of Topliss-reactive ketones (excluding diaryl/α,β-unsaturated/α-hetero) is 1.